The van der Waals surface area contributed by atoms with Gasteiger partial charge in [-0.15, -0.1) is 0 Å². The minimum atomic E-state index is -0.508. The summed E-state index contributed by atoms with van der Waals surface area (Å²) in [7, 11) is 1.58. The molecular formula is C20H24N2O4. The van der Waals surface area contributed by atoms with E-state index >= 15 is 0 Å². The number of nitrogens with one attached hydrogen (secondary N) is 1. The van der Waals surface area contributed by atoms with Crippen LogP contribution in [-0.2, 0) is 9.53 Å². The topological polar surface area (TPSA) is 67.9 Å². The molecule has 0 fully saturated rings. The minimum absolute atomic E-state index is 0.102. The third-order valence-corrected chi connectivity index (χ3v) is 3.70. The first kappa shape index (κ1) is 19.5. The zero-order valence-corrected chi connectivity index (χ0v) is 15.3. The molecule has 2 amide bonds. The van der Waals surface area contributed by atoms with E-state index in [-0.39, 0.29) is 5.91 Å². The first-order chi connectivity index (χ1) is 12.5. The molecular weight excluding hydrogens is 332 g/mol. The highest BCUT2D eigenvalue weighted by Crippen LogP contribution is 2.21. The van der Waals surface area contributed by atoms with Crippen molar-refractivity contribution < 1.29 is 19.1 Å². The molecule has 0 aromatic heterocycles. The second-order valence-corrected chi connectivity index (χ2v) is 5.78. The van der Waals surface area contributed by atoms with Gasteiger partial charge in [-0.1, -0.05) is 25.1 Å². The van der Waals surface area contributed by atoms with Crippen LogP contribution in [0, 0.1) is 6.92 Å². The molecule has 0 spiro atoms. The molecule has 0 saturated carbocycles. The van der Waals surface area contributed by atoms with E-state index in [9.17, 15) is 9.59 Å². The maximum Gasteiger partial charge on any atom is 0.419 e. The summed E-state index contributed by atoms with van der Waals surface area (Å²) in [5.41, 5.74) is 2.37. The number of rotatable bonds is 7. The van der Waals surface area contributed by atoms with Crippen LogP contribution in [-0.4, -0.2) is 32.3 Å². The van der Waals surface area contributed by atoms with Gasteiger partial charge in [0.1, 0.15) is 5.75 Å². The monoisotopic (exact) mass is 356 g/mol. The molecule has 0 saturated heterocycles. The molecule has 2 aromatic rings. The Morgan fingerprint density at radius 1 is 1.12 bits per heavy atom. The van der Waals surface area contributed by atoms with E-state index in [2.05, 4.69) is 5.32 Å². The van der Waals surface area contributed by atoms with Crippen LogP contribution in [0.2, 0.25) is 0 Å². The van der Waals surface area contributed by atoms with Gasteiger partial charge in [0.2, 0.25) is 5.91 Å². The summed E-state index contributed by atoms with van der Waals surface area (Å²) in [6.07, 6.45) is -0.131. The Morgan fingerprint density at radius 2 is 1.88 bits per heavy atom. The predicted octanol–water partition coefficient (Wildman–Crippen LogP) is 4.00. The van der Waals surface area contributed by atoms with Gasteiger partial charge in [-0.25, -0.2) is 4.79 Å². The fraction of sp³-hybridized carbons (Fsp3) is 0.300. The van der Waals surface area contributed by atoms with Crippen molar-refractivity contribution in [2.75, 3.05) is 30.5 Å². The number of hydrogen-bond acceptors (Lipinski definition) is 4. The van der Waals surface area contributed by atoms with Crippen molar-refractivity contribution in [1.82, 2.24) is 0 Å². The lowest BCUT2D eigenvalue weighted by atomic mass is 10.2. The van der Waals surface area contributed by atoms with Crippen LogP contribution in [0.15, 0.2) is 48.5 Å². The van der Waals surface area contributed by atoms with Gasteiger partial charge < -0.3 is 14.8 Å². The number of nitrogens with zero attached hydrogens (tertiary/aromatic N) is 1. The van der Waals surface area contributed by atoms with Gasteiger partial charge in [0.15, 0.2) is 0 Å². The maximum absolute atomic E-state index is 12.7. The van der Waals surface area contributed by atoms with Crippen LogP contribution in [0.25, 0.3) is 0 Å². The van der Waals surface area contributed by atoms with Crippen LogP contribution < -0.4 is 15.0 Å². The van der Waals surface area contributed by atoms with Crippen LogP contribution >= 0.6 is 0 Å². The van der Waals surface area contributed by atoms with E-state index < -0.39 is 6.09 Å². The standard InChI is InChI=1S/C20H24N2O4/c1-4-19(23)21-16-8-6-10-18(14-16)26-20(24)22(11-12-25-3)17-9-5-7-15(2)13-17/h5-10,13-14H,4,11-12H2,1-3H3,(H,21,23). The number of hydrogen-bond donors (Lipinski definition) is 1. The van der Waals surface area contributed by atoms with Crippen molar-refractivity contribution in [2.24, 2.45) is 0 Å². The summed E-state index contributed by atoms with van der Waals surface area (Å²) in [5, 5.41) is 2.74. The Morgan fingerprint density at radius 3 is 2.58 bits per heavy atom. The van der Waals surface area contributed by atoms with Crippen LogP contribution in [0.5, 0.6) is 5.75 Å². The van der Waals surface area contributed by atoms with Gasteiger partial charge in [0, 0.05) is 31.0 Å². The SMILES string of the molecule is CCC(=O)Nc1cccc(OC(=O)N(CCOC)c2cccc(C)c2)c1. The average molecular weight is 356 g/mol. The minimum Gasteiger partial charge on any atom is -0.410 e. The summed E-state index contributed by atoms with van der Waals surface area (Å²) in [6, 6.07) is 14.4. The molecule has 0 unspecified atom stereocenters. The third kappa shape index (κ3) is 5.60. The third-order valence-electron chi connectivity index (χ3n) is 3.70. The highest BCUT2D eigenvalue weighted by Gasteiger charge is 2.18. The number of carbonyl (C=O) groups excluding carboxylic acids is 2. The Hall–Kier alpha value is -2.86. The largest absolute Gasteiger partial charge is 0.419 e. The normalized spacial score (nSPS) is 10.3. The number of ether oxygens (including phenoxy) is 2. The van der Waals surface area contributed by atoms with Gasteiger partial charge in [-0.2, -0.15) is 0 Å². The van der Waals surface area contributed by atoms with E-state index in [0.717, 1.165) is 11.3 Å². The smallest absolute Gasteiger partial charge is 0.410 e. The molecule has 0 bridgehead atoms. The highest BCUT2D eigenvalue weighted by atomic mass is 16.6. The lowest BCUT2D eigenvalue weighted by Gasteiger charge is -2.22. The molecule has 0 aliphatic rings. The molecule has 6 nitrogen and oxygen atoms in total. The molecule has 2 aromatic carbocycles. The number of methoxy groups -OCH3 is 1. The Balaban J connectivity index is 2.16. The molecule has 1 N–H and O–H groups in total. The first-order valence-corrected chi connectivity index (χ1v) is 8.48. The van der Waals surface area contributed by atoms with Crippen molar-refractivity contribution in [2.45, 2.75) is 20.3 Å². The van der Waals surface area contributed by atoms with Crippen molar-refractivity contribution in [3.8, 4) is 5.75 Å². The van der Waals surface area contributed by atoms with E-state index in [1.54, 1.807) is 38.3 Å². The lowest BCUT2D eigenvalue weighted by molar-refractivity contribution is -0.115. The Kier molecular flexibility index (Phi) is 7.17. The molecule has 0 aliphatic carbocycles. The summed E-state index contributed by atoms with van der Waals surface area (Å²) < 4.78 is 10.6. The second-order valence-electron chi connectivity index (χ2n) is 5.78. The molecule has 6 heteroatoms. The first-order valence-electron chi connectivity index (χ1n) is 8.48. The molecule has 2 rings (SSSR count). The van der Waals surface area contributed by atoms with Crippen molar-refractivity contribution in [3.05, 3.63) is 54.1 Å². The van der Waals surface area contributed by atoms with Crippen molar-refractivity contribution >= 4 is 23.4 Å². The van der Waals surface area contributed by atoms with E-state index in [4.69, 9.17) is 9.47 Å². The van der Waals surface area contributed by atoms with E-state index in [1.165, 1.54) is 4.90 Å². The summed E-state index contributed by atoms with van der Waals surface area (Å²) >= 11 is 0. The number of benzene rings is 2. The molecule has 0 radical (unpaired) electrons. The fourth-order valence-electron chi connectivity index (χ4n) is 2.35. The fourth-order valence-corrected chi connectivity index (χ4v) is 2.35. The van der Waals surface area contributed by atoms with Gasteiger partial charge in [-0.3, -0.25) is 9.69 Å². The van der Waals surface area contributed by atoms with Crippen LogP contribution in [0.3, 0.4) is 0 Å². The second kappa shape index (κ2) is 9.58. The molecule has 0 heterocycles. The lowest BCUT2D eigenvalue weighted by Crippen LogP contribution is -2.36. The molecule has 0 aliphatic heterocycles. The molecule has 138 valence electrons. The van der Waals surface area contributed by atoms with Crippen molar-refractivity contribution in [3.63, 3.8) is 0 Å². The zero-order valence-electron chi connectivity index (χ0n) is 15.3. The van der Waals surface area contributed by atoms with Gasteiger partial charge in [0.25, 0.3) is 0 Å². The molecule has 26 heavy (non-hydrogen) atoms. The summed E-state index contributed by atoms with van der Waals surface area (Å²) in [5.74, 6) is 0.258. The van der Waals surface area contributed by atoms with Crippen LogP contribution in [0.4, 0.5) is 16.2 Å². The van der Waals surface area contributed by atoms with E-state index in [1.807, 2.05) is 31.2 Å². The van der Waals surface area contributed by atoms with Crippen molar-refractivity contribution in [1.29, 1.82) is 0 Å². The Labute approximate surface area is 153 Å². The van der Waals surface area contributed by atoms with Gasteiger partial charge in [-0.05, 0) is 36.8 Å². The predicted molar refractivity (Wildman–Crippen MR) is 102 cm³/mol. The summed E-state index contributed by atoms with van der Waals surface area (Å²) in [6.45, 7) is 4.48. The highest BCUT2D eigenvalue weighted by molar-refractivity contribution is 5.91. The number of aryl methyl sites for hydroxylation is 1. The number of carbonyl (C=O) groups is 2. The quantitative estimate of drug-likeness (QED) is 0.814. The molecule has 0 atom stereocenters. The van der Waals surface area contributed by atoms with Gasteiger partial charge in [0.05, 0.1) is 13.2 Å². The zero-order chi connectivity index (χ0) is 18.9. The number of amides is 2. The number of anilines is 2. The van der Waals surface area contributed by atoms with E-state index in [0.29, 0.717) is 31.0 Å². The van der Waals surface area contributed by atoms with Gasteiger partial charge >= 0.3 is 6.09 Å². The van der Waals surface area contributed by atoms with Crippen LogP contribution in [0.1, 0.15) is 18.9 Å². The average Bonchev–Trinajstić information content (AvgIpc) is 2.62. The Bertz CT molecular complexity index is 761. The maximum atomic E-state index is 12.7. The summed E-state index contributed by atoms with van der Waals surface area (Å²) in [4.78, 5) is 25.7.